The Labute approximate surface area is 156 Å². The summed E-state index contributed by atoms with van der Waals surface area (Å²) in [7, 11) is 0. The number of nitro groups is 1. The van der Waals surface area contributed by atoms with Gasteiger partial charge in [-0.3, -0.25) is 10.1 Å². The van der Waals surface area contributed by atoms with Gasteiger partial charge in [-0.05, 0) is 45.9 Å². The molecule has 0 spiro atoms. The summed E-state index contributed by atoms with van der Waals surface area (Å²) in [6.07, 6.45) is 2.07. The number of rotatable bonds is 7. The summed E-state index contributed by atoms with van der Waals surface area (Å²) in [5.74, 6) is 0.344. The van der Waals surface area contributed by atoms with Crippen molar-refractivity contribution < 1.29 is 4.92 Å². The SMILES string of the molecule is O=[N+]([O-])c1c(NCCc2cccs2)ncnc1Nc1ccccc1Br. The van der Waals surface area contributed by atoms with Crippen molar-refractivity contribution in [3.8, 4) is 0 Å². The zero-order valence-electron chi connectivity index (χ0n) is 13.0. The van der Waals surface area contributed by atoms with Gasteiger partial charge in [0.05, 0.1) is 10.6 Å². The van der Waals surface area contributed by atoms with E-state index in [1.807, 2.05) is 35.7 Å². The zero-order valence-corrected chi connectivity index (χ0v) is 15.4. The van der Waals surface area contributed by atoms with Crippen LogP contribution in [0, 0.1) is 10.1 Å². The van der Waals surface area contributed by atoms with Crippen molar-refractivity contribution in [2.45, 2.75) is 6.42 Å². The van der Waals surface area contributed by atoms with E-state index in [2.05, 4.69) is 36.5 Å². The van der Waals surface area contributed by atoms with Crippen LogP contribution in [0.25, 0.3) is 0 Å². The molecule has 0 saturated heterocycles. The lowest BCUT2D eigenvalue weighted by atomic mass is 10.3. The molecule has 0 saturated carbocycles. The smallest absolute Gasteiger partial charge is 0.353 e. The molecule has 0 unspecified atom stereocenters. The topological polar surface area (TPSA) is 93.0 Å². The average molecular weight is 420 g/mol. The van der Waals surface area contributed by atoms with E-state index in [1.165, 1.54) is 11.2 Å². The maximum Gasteiger partial charge on any atom is 0.353 e. The minimum Gasteiger partial charge on any atom is -0.364 e. The Morgan fingerprint density at radius 1 is 1.16 bits per heavy atom. The number of aromatic nitrogens is 2. The summed E-state index contributed by atoms with van der Waals surface area (Å²) in [6, 6.07) is 11.4. The first-order chi connectivity index (χ1) is 12.1. The minimum atomic E-state index is -0.480. The van der Waals surface area contributed by atoms with Crippen LogP contribution in [-0.4, -0.2) is 21.4 Å². The van der Waals surface area contributed by atoms with Gasteiger partial charge in [0, 0.05) is 15.9 Å². The molecule has 0 aliphatic rings. The van der Waals surface area contributed by atoms with E-state index in [4.69, 9.17) is 0 Å². The van der Waals surface area contributed by atoms with Crippen molar-refractivity contribution in [3.63, 3.8) is 0 Å². The molecular weight excluding hydrogens is 406 g/mol. The van der Waals surface area contributed by atoms with Crippen molar-refractivity contribution in [2.24, 2.45) is 0 Å². The number of nitrogens with one attached hydrogen (secondary N) is 2. The van der Waals surface area contributed by atoms with Gasteiger partial charge in [-0.25, -0.2) is 9.97 Å². The first-order valence-corrected chi connectivity index (χ1v) is 9.09. The van der Waals surface area contributed by atoms with Crippen molar-refractivity contribution in [2.75, 3.05) is 17.2 Å². The van der Waals surface area contributed by atoms with E-state index >= 15 is 0 Å². The Hall–Kier alpha value is -2.52. The molecule has 1 aromatic carbocycles. The summed E-state index contributed by atoms with van der Waals surface area (Å²) >= 11 is 5.06. The molecule has 2 heterocycles. The number of benzene rings is 1. The highest BCUT2D eigenvalue weighted by atomic mass is 79.9. The fourth-order valence-corrected chi connectivity index (χ4v) is 3.31. The maximum atomic E-state index is 11.5. The summed E-state index contributed by atoms with van der Waals surface area (Å²) in [4.78, 5) is 20.3. The van der Waals surface area contributed by atoms with E-state index in [-0.39, 0.29) is 17.3 Å². The van der Waals surface area contributed by atoms with Gasteiger partial charge >= 0.3 is 5.69 Å². The van der Waals surface area contributed by atoms with Gasteiger partial charge in [-0.1, -0.05) is 18.2 Å². The first-order valence-electron chi connectivity index (χ1n) is 7.42. The molecule has 9 heteroatoms. The minimum absolute atomic E-state index is 0.144. The highest BCUT2D eigenvalue weighted by Crippen LogP contribution is 2.33. The Balaban J connectivity index is 1.81. The van der Waals surface area contributed by atoms with Crippen molar-refractivity contribution in [3.05, 3.63) is 67.6 Å². The molecular formula is C16H14BrN5O2S. The van der Waals surface area contributed by atoms with E-state index in [9.17, 15) is 10.1 Å². The van der Waals surface area contributed by atoms with E-state index < -0.39 is 4.92 Å². The molecule has 0 aliphatic heterocycles. The third kappa shape index (κ3) is 4.31. The molecule has 0 bridgehead atoms. The molecule has 2 aromatic heterocycles. The highest BCUT2D eigenvalue weighted by molar-refractivity contribution is 9.10. The van der Waals surface area contributed by atoms with Gasteiger partial charge in [-0.2, -0.15) is 0 Å². The number of hydrogen-bond donors (Lipinski definition) is 2. The molecule has 7 nitrogen and oxygen atoms in total. The molecule has 0 amide bonds. The highest BCUT2D eigenvalue weighted by Gasteiger charge is 2.23. The van der Waals surface area contributed by atoms with Crippen molar-refractivity contribution in [1.29, 1.82) is 0 Å². The lowest BCUT2D eigenvalue weighted by molar-refractivity contribution is -0.383. The molecule has 2 N–H and O–H groups in total. The Kier molecular flexibility index (Phi) is 5.56. The standard InChI is InChI=1S/C16H14BrN5O2S/c17-12-5-1-2-6-13(12)21-16-14(22(23)24)15(19-10-20-16)18-8-7-11-4-3-9-25-11/h1-6,9-10H,7-8H2,(H2,18,19,20,21). The molecule has 0 atom stereocenters. The van der Waals surface area contributed by atoms with E-state index in [1.54, 1.807) is 17.4 Å². The van der Waals surface area contributed by atoms with Crippen LogP contribution in [0.15, 0.2) is 52.6 Å². The lowest BCUT2D eigenvalue weighted by Gasteiger charge is -2.10. The van der Waals surface area contributed by atoms with Crippen LogP contribution >= 0.6 is 27.3 Å². The Morgan fingerprint density at radius 3 is 2.68 bits per heavy atom. The average Bonchev–Trinajstić information content (AvgIpc) is 3.10. The summed E-state index contributed by atoms with van der Waals surface area (Å²) in [5.41, 5.74) is 0.512. The molecule has 3 aromatic rings. The van der Waals surface area contributed by atoms with Crippen LogP contribution in [0.1, 0.15) is 4.88 Å². The van der Waals surface area contributed by atoms with Gasteiger partial charge in [0.2, 0.25) is 11.6 Å². The number of hydrogen-bond acceptors (Lipinski definition) is 7. The van der Waals surface area contributed by atoms with Crippen LogP contribution in [0.3, 0.4) is 0 Å². The first kappa shape index (κ1) is 17.3. The van der Waals surface area contributed by atoms with Gasteiger partial charge in [0.15, 0.2) is 0 Å². The quantitative estimate of drug-likeness (QED) is 0.429. The van der Waals surface area contributed by atoms with E-state index in [0.717, 1.165) is 10.9 Å². The van der Waals surface area contributed by atoms with Gasteiger partial charge in [-0.15, -0.1) is 11.3 Å². The number of halogens is 1. The van der Waals surface area contributed by atoms with Crippen molar-refractivity contribution in [1.82, 2.24) is 9.97 Å². The Bertz CT molecular complexity index is 873. The number of para-hydroxylation sites is 1. The molecule has 128 valence electrons. The number of anilines is 3. The predicted octanol–water partition coefficient (Wildman–Crippen LogP) is 4.61. The summed E-state index contributed by atoms with van der Waals surface area (Å²) < 4.78 is 0.787. The van der Waals surface area contributed by atoms with Gasteiger partial charge < -0.3 is 10.6 Å². The van der Waals surface area contributed by atoms with Gasteiger partial charge in [0.1, 0.15) is 6.33 Å². The Morgan fingerprint density at radius 2 is 1.96 bits per heavy atom. The third-order valence-electron chi connectivity index (χ3n) is 3.38. The van der Waals surface area contributed by atoms with Crippen LogP contribution in [0.5, 0.6) is 0 Å². The molecule has 3 rings (SSSR count). The molecule has 0 radical (unpaired) electrons. The van der Waals surface area contributed by atoms with Crippen LogP contribution < -0.4 is 10.6 Å². The largest absolute Gasteiger partial charge is 0.364 e. The third-order valence-corrected chi connectivity index (χ3v) is 5.00. The van der Waals surface area contributed by atoms with Crippen LogP contribution in [0.4, 0.5) is 23.0 Å². The number of nitrogens with zero attached hydrogens (tertiary/aromatic N) is 3. The zero-order chi connectivity index (χ0) is 17.6. The van der Waals surface area contributed by atoms with E-state index in [0.29, 0.717) is 12.2 Å². The molecule has 0 aliphatic carbocycles. The lowest BCUT2D eigenvalue weighted by Crippen LogP contribution is -2.10. The molecule has 25 heavy (non-hydrogen) atoms. The second-order valence-electron chi connectivity index (χ2n) is 5.04. The summed E-state index contributed by atoms with van der Waals surface area (Å²) in [6.45, 7) is 0.548. The second-order valence-corrected chi connectivity index (χ2v) is 6.92. The monoisotopic (exact) mass is 419 g/mol. The predicted molar refractivity (Wildman–Crippen MR) is 103 cm³/mol. The maximum absolute atomic E-state index is 11.5. The van der Waals surface area contributed by atoms with Crippen LogP contribution in [-0.2, 0) is 6.42 Å². The second kappa shape index (κ2) is 8.04. The van der Waals surface area contributed by atoms with Crippen LogP contribution in [0.2, 0.25) is 0 Å². The fourth-order valence-electron chi connectivity index (χ4n) is 2.22. The normalized spacial score (nSPS) is 10.4. The summed E-state index contributed by atoms with van der Waals surface area (Å²) in [5, 5.41) is 19.6. The van der Waals surface area contributed by atoms with Gasteiger partial charge in [0.25, 0.3) is 0 Å². The number of thiophene rings is 1. The fraction of sp³-hybridized carbons (Fsp3) is 0.125. The molecule has 0 fully saturated rings. The van der Waals surface area contributed by atoms with Crippen molar-refractivity contribution >= 4 is 50.3 Å².